The number of nitrogen functional groups attached to an aromatic ring is 3. The van der Waals surface area contributed by atoms with Gasteiger partial charge in [0.05, 0.1) is 48.0 Å². The van der Waals surface area contributed by atoms with Gasteiger partial charge in [-0.15, -0.1) is 25.6 Å². The van der Waals surface area contributed by atoms with E-state index in [0.717, 1.165) is 12.1 Å². The van der Waals surface area contributed by atoms with Crippen LogP contribution in [0.25, 0.3) is 21.9 Å². The Balaban J connectivity index is 1.42. The van der Waals surface area contributed by atoms with Crippen molar-refractivity contribution in [1.82, 2.24) is 0 Å². The van der Waals surface area contributed by atoms with E-state index >= 15 is 0 Å². The van der Waals surface area contributed by atoms with Crippen LogP contribution in [0.3, 0.4) is 0 Å². The number of nitrogens with two attached hydrogens (primary N) is 3. The van der Waals surface area contributed by atoms with Crippen molar-refractivity contribution in [3.05, 3.63) is 91.0 Å². The number of azo groups is 3. The van der Waals surface area contributed by atoms with E-state index in [2.05, 4.69) is 30.7 Å². The van der Waals surface area contributed by atoms with Gasteiger partial charge in [-0.2, -0.15) is 21.9 Å². The van der Waals surface area contributed by atoms with E-state index in [1.165, 1.54) is 12.1 Å². The van der Waals surface area contributed by atoms with Crippen molar-refractivity contribution in [3.63, 3.8) is 0 Å². The summed E-state index contributed by atoms with van der Waals surface area (Å²) in [6.07, 6.45) is 1.29. The van der Waals surface area contributed by atoms with Gasteiger partial charge in [0, 0.05) is 6.07 Å². The van der Waals surface area contributed by atoms with Crippen molar-refractivity contribution in [3.8, 4) is 34.1 Å². The summed E-state index contributed by atoms with van der Waals surface area (Å²) in [6.45, 7) is 4.25. The SMILES string of the molecule is CCCOc1cc(-c2ccc(N=Nc3c(S(=O)(=O)O)cc4cc(S(=O)(=O)O)c(N=Nc5ccccc5)c(O)c4c3N)c(OCCC)c2)ccc1N=Nc1cc(OCCO)c(N)cc1N. The number of benzene rings is 6. The highest BCUT2D eigenvalue weighted by atomic mass is 32.2. The molecular weight excluding hydrogens is 871 g/mol. The molecule has 0 amide bonds. The molecule has 0 fully saturated rings. The second kappa shape index (κ2) is 19.9. The van der Waals surface area contributed by atoms with Crippen molar-refractivity contribution < 1.29 is 50.4 Å². The zero-order valence-electron chi connectivity index (χ0n) is 34.3. The second-order valence-electron chi connectivity index (χ2n) is 13.8. The number of phenols is 1. The molecule has 6 aromatic carbocycles. The maximum atomic E-state index is 12.7. The molecule has 0 atom stereocenters. The molecule has 6 rings (SSSR count). The molecule has 10 N–H and O–H groups in total. The summed E-state index contributed by atoms with van der Waals surface area (Å²) < 4.78 is 88.2. The Labute approximate surface area is 367 Å². The fourth-order valence-corrected chi connectivity index (χ4v) is 7.43. The number of hydrogen-bond acceptors (Lipinski definition) is 18. The zero-order valence-corrected chi connectivity index (χ0v) is 35.9. The summed E-state index contributed by atoms with van der Waals surface area (Å²) in [6, 6.07) is 22.9. The van der Waals surface area contributed by atoms with E-state index in [0.29, 0.717) is 42.0 Å². The predicted molar refractivity (Wildman–Crippen MR) is 240 cm³/mol. The standard InChI is InChI=1S/C42H43N9O11S2/c1-3-15-60-34-18-24(10-12-30(34)47-49-32-23-33(62-17-14-52)29(44)22-28(32)43)25-11-13-31(35(19-25)61-16-4-2)48-50-40-36(63(54,55)56)20-26-21-37(64(57,58)59)41(42(53)38(26)39(40)45)51-46-27-8-6-5-7-9-27/h5-13,18-23,52-53H,3-4,14-17,43-45H2,1-2H3,(H,54,55,56)(H,57,58,59). The van der Waals surface area contributed by atoms with E-state index in [9.17, 15) is 31.0 Å². The molecule has 0 aliphatic heterocycles. The first-order valence-electron chi connectivity index (χ1n) is 19.4. The van der Waals surface area contributed by atoms with Gasteiger partial charge in [0.25, 0.3) is 20.2 Å². The molecule has 0 radical (unpaired) electrons. The van der Waals surface area contributed by atoms with Gasteiger partial charge < -0.3 is 41.6 Å². The van der Waals surface area contributed by atoms with Gasteiger partial charge in [-0.05, 0) is 84.0 Å². The van der Waals surface area contributed by atoms with Crippen LogP contribution in [0.2, 0.25) is 0 Å². The zero-order chi connectivity index (χ0) is 46.2. The fraction of sp³-hybridized carbons (Fsp3) is 0.190. The summed E-state index contributed by atoms with van der Waals surface area (Å²) >= 11 is 0. The maximum Gasteiger partial charge on any atom is 0.296 e. The molecule has 334 valence electrons. The number of anilines is 3. The number of aliphatic hydroxyl groups excluding tert-OH is 1. The van der Waals surface area contributed by atoms with Gasteiger partial charge in [-0.3, -0.25) is 9.11 Å². The number of aromatic hydroxyl groups is 1. The minimum absolute atomic E-state index is 0.0196. The highest BCUT2D eigenvalue weighted by molar-refractivity contribution is 7.86. The third-order valence-electron chi connectivity index (χ3n) is 9.10. The molecule has 0 saturated heterocycles. The van der Waals surface area contributed by atoms with Crippen LogP contribution in [0.15, 0.2) is 131 Å². The molecule has 0 heterocycles. The van der Waals surface area contributed by atoms with Crippen LogP contribution in [-0.4, -0.2) is 62.6 Å². The summed E-state index contributed by atoms with van der Waals surface area (Å²) in [5.41, 5.74) is 19.6. The van der Waals surface area contributed by atoms with Gasteiger partial charge in [0.1, 0.15) is 62.1 Å². The molecule has 6 aromatic rings. The summed E-state index contributed by atoms with van der Waals surface area (Å²) in [7, 11) is -10.2. The number of hydrogen-bond donors (Lipinski definition) is 7. The van der Waals surface area contributed by atoms with E-state index in [-0.39, 0.29) is 70.5 Å². The number of ether oxygens (including phenoxy) is 3. The summed E-state index contributed by atoms with van der Waals surface area (Å²) in [5.74, 6) is 0.0125. The van der Waals surface area contributed by atoms with Crippen molar-refractivity contribution >= 4 is 82.2 Å². The Bertz CT molecular complexity index is 3020. The third kappa shape index (κ3) is 10.7. The molecule has 0 unspecified atom stereocenters. The third-order valence-corrected chi connectivity index (χ3v) is 10.8. The molecule has 0 aliphatic rings. The highest BCUT2D eigenvalue weighted by Gasteiger charge is 2.28. The molecule has 0 aromatic heterocycles. The largest absolute Gasteiger partial charge is 0.505 e. The number of phenolic OH excluding ortho intramolecular Hbond substituents is 1. The quantitative estimate of drug-likeness (QED) is 0.0240. The lowest BCUT2D eigenvalue weighted by molar-refractivity contribution is 0.202. The monoisotopic (exact) mass is 913 g/mol. The Morgan fingerprint density at radius 1 is 0.562 bits per heavy atom. The number of rotatable bonds is 18. The van der Waals surface area contributed by atoms with Crippen molar-refractivity contribution in [2.24, 2.45) is 30.7 Å². The Morgan fingerprint density at radius 3 is 1.62 bits per heavy atom. The number of nitrogens with zero attached hydrogens (tertiary/aromatic N) is 6. The Morgan fingerprint density at radius 2 is 1.08 bits per heavy atom. The first kappa shape index (κ1) is 46.3. The Kier molecular flexibility index (Phi) is 14.4. The molecule has 20 nitrogen and oxygen atoms in total. The molecular formula is C42H43N9O11S2. The van der Waals surface area contributed by atoms with E-state index in [1.807, 2.05) is 13.8 Å². The van der Waals surface area contributed by atoms with Gasteiger partial charge in [0.15, 0.2) is 5.75 Å². The van der Waals surface area contributed by atoms with Crippen molar-refractivity contribution in [2.45, 2.75) is 36.5 Å². The molecule has 0 saturated carbocycles. The van der Waals surface area contributed by atoms with Crippen LogP contribution in [-0.2, 0) is 20.2 Å². The van der Waals surface area contributed by atoms with Crippen molar-refractivity contribution in [2.75, 3.05) is 43.6 Å². The van der Waals surface area contributed by atoms with Crippen LogP contribution in [0.4, 0.5) is 51.2 Å². The predicted octanol–water partition coefficient (Wildman–Crippen LogP) is 9.65. The van der Waals surface area contributed by atoms with Gasteiger partial charge in [-0.1, -0.05) is 44.2 Å². The van der Waals surface area contributed by atoms with Gasteiger partial charge >= 0.3 is 0 Å². The molecule has 22 heteroatoms. The average molecular weight is 914 g/mol. The Hall–Kier alpha value is -7.24. The topological polar surface area (TPSA) is 329 Å². The number of aliphatic hydroxyl groups is 1. The lowest BCUT2D eigenvalue weighted by Crippen LogP contribution is -2.04. The van der Waals surface area contributed by atoms with Crippen LogP contribution < -0.4 is 31.4 Å². The van der Waals surface area contributed by atoms with Gasteiger partial charge in [-0.25, -0.2) is 0 Å². The van der Waals surface area contributed by atoms with Crippen molar-refractivity contribution in [1.29, 1.82) is 0 Å². The lowest BCUT2D eigenvalue weighted by atomic mass is 10.0. The van der Waals surface area contributed by atoms with Crippen LogP contribution in [0, 0.1) is 0 Å². The minimum atomic E-state index is -5.13. The lowest BCUT2D eigenvalue weighted by Gasteiger charge is -2.14. The fourth-order valence-electron chi connectivity index (χ4n) is 6.10. The smallest absolute Gasteiger partial charge is 0.296 e. The number of fused-ring (bicyclic) bond motifs is 1. The first-order valence-corrected chi connectivity index (χ1v) is 22.3. The van der Waals surface area contributed by atoms with Crippen LogP contribution in [0.5, 0.6) is 23.0 Å². The highest BCUT2D eigenvalue weighted by Crippen LogP contribution is 2.49. The molecule has 64 heavy (non-hydrogen) atoms. The molecule has 0 bridgehead atoms. The summed E-state index contributed by atoms with van der Waals surface area (Å²) in [4.78, 5) is -1.81. The van der Waals surface area contributed by atoms with Gasteiger partial charge in [0.2, 0.25) is 0 Å². The van der Waals surface area contributed by atoms with Crippen LogP contribution in [0.1, 0.15) is 26.7 Å². The maximum absolute atomic E-state index is 12.7. The molecule has 0 spiro atoms. The van der Waals surface area contributed by atoms with E-state index in [1.54, 1.807) is 66.7 Å². The first-order chi connectivity index (χ1) is 30.5. The van der Waals surface area contributed by atoms with Crippen LogP contribution >= 0.6 is 0 Å². The average Bonchev–Trinajstić information content (AvgIpc) is 3.26. The van der Waals surface area contributed by atoms with E-state index in [4.69, 9.17) is 36.5 Å². The second-order valence-corrected chi connectivity index (χ2v) is 16.6. The van der Waals surface area contributed by atoms with E-state index < -0.39 is 52.8 Å². The normalized spacial score (nSPS) is 12.2. The molecule has 0 aliphatic carbocycles. The summed E-state index contributed by atoms with van der Waals surface area (Å²) in [5, 5.41) is 44.8. The minimum Gasteiger partial charge on any atom is -0.505 e.